The molecule has 0 spiro atoms. The lowest BCUT2D eigenvalue weighted by molar-refractivity contribution is -0.305. The Hall–Kier alpha value is -2.89. The fourth-order valence-corrected chi connectivity index (χ4v) is 7.23. The van der Waals surface area contributed by atoms with Gasteiger partial charge in [0.2, 0.25) is 0 Å². The van der Waals surface area contributed by atoms with Gasteiger partial charge in [0.25, 0.3) is 0 Å². The van der Waals surface area contributed by atoms with E-state index >= 15 is 0 Å². The van der Waals surface area contributed by atoms with E-state index in [9.17, 15) is 25.2 Å². The molecule has 372 valence electrons. The lowest BCUT2D eigenvalue weighted by Crippen LogP contribution is -2.59. The highest BCUT2D eigenvalue weighted by Gasteiger charge is 2.44. The molecule has 0 saturated carbocycles. The smallest absolute Gasteiger partial charge is 0.306 e. The largest absolute Gasteiger partial charge is 0.457 e. The van der Waals surface area contributed by atoms with Gasteiger partial charge in [-0.2, -0.15) is 0 Å². The summed E-state index contributed by atoms with van der Waals surface area (Å²) in [5.74, 6) is -0.332. The molecule has 1 saturated heterocycles. The van der Waals surface area contributed by atoms with E-state index in [4.69, 9.17) is 18.9 Å². The molecule has 0 radical (unpaired) electrons. The van der Waals surface area contributed by atoms with Crippen LogP contribution < -0.4 is 0 Å². The normalized spacial score (nSPS) is 20.2. The van der Waals surface area contributed by atoms with Crippen molar-refractivity contribution in [3.8, 4) is 0 Å². The number of unbranched alkanes of at least 4 members (excludes halogenated alkanes) is 16. The third kappa shape index (κ3) is 36.9. The maximum absolute atomic E-state index is 12.8. The van der Waals surface area contributed by atoms with Crippen LogP contribution >= 0.6 is 0 Å². The van der Waals surface area contributed by atoms with E-state index in [0.29, 0.717) is 13.0 Å². The second-order valence-electron chi connectivity index (χ2n) is 17.2. The monoisotopic (exact) mass is 911 g/mol. The first kappa shape index (κ1) is 60.1. The molecule has 1 aliphatic rings. The van der Waals surface area contributed by atoms with Crippen LogP contribution in [0.4, 0.5) is 0 Å². The number of allylic oxidation sites excluding steroid dienone is 16. The Kier molecular flexibility index (Phi) is 42.8. The predicted octanol–water partition coefficient (Wildman–Crippen LogP) is 12.8. The highest BCUT2D eigenvalue weighted by molar-refractivity contribution is 5.69. The zero-order valence-corrected chi connectivity index (χ0v) is 41.0. The molecule has 1 rings (SSSR count). The summed E-state index contributed by atoms with van der Waals surface area (Å²) in [5, 5.41) is 40.3. The first-order chi connectivity index (χ1) is 31.9. The molecule has 65 heavy (non-hydrogen) atoms. The Bertz CT molecular complexity index is 1310. The SMILES string of the molecule is CC/C=C\C/C=C\C/C=C\C/C=C\C/C=C\C/C=C\CCCCCCCOCC(COC1OC(CO)C(O)C(O)C1O)OC(=O)CCCCCCCCC/C=C\C/C=C\CCCCCC. The Morgan fingerprint density at radius 2 is 0.938 bits per heavy atom. The van der Waals surface area contributed by atoms with Crippen LogP contribution in [-0.4, -0.2) is 89.6 Å². The van der Waals surface area contributed by atoms with Gasteiger partial charge in [-0.1, -0.05) is 182 Å². The Balaban J connectivity index is 2.25. The summed E-state index contributed by atoms with van der Waals surface area (Å²) in [4.78, 5) is 12.8. The van der Waals surface area contributed by atoms with Crippen molar-refractivity contribution in [2.24, 2.45) is 0 Å². The fraction of sp³-hybridized carbons (Fsp3) is 0.696. The van der Waals surface area contributed by atoms with Gasteiger partial charge in [0.15, 0.2) is 6.29 Å². The van der Waals surface area contributed by atoms with Crippen molar-refractivity contribution in [2.45, 2.75) is 224 Å². The lowest BCUT2D eigenvalue weighted by Gasteiger charge is -2.39. The molecule has 0 aliphatic carbocycles. The third-order valence-electron chi connectivity index (χ3n) is 11.2. The number of aliphatic hydroxyl groups excluding tert-OH is 4. The predicted molar refractivity (Wildman–Crippen MR) is 270 cm³/mol. The van der Waals surface area contributed by atoms with Crippen LogP contribution in [0.1, 0.15) is 187 Å². The molecule has 9 nitrogen and oxygen atoms in total. The molecule has 0 aromatic carbocycles. The van der Waals surface area contributed by atoms with Crippen LogP contribution in [0.2, 0.25) is 0 Å². The molecule has 6 unspecified atom stereocenters. The van der Waals surface area contributed by atoms with E-state index in [1.807, 2.05) is 0 Å². The van der Waals surface area contributed by atoms with E-state index in [-0.39, 0.29) is 19.2 Å². The van der Waals surface area contributed by atoms with Crippen LogP contribution in [0.15, 0.2) is 97.2 Å². The van der Waals surface area contributed by atoms with Gasteiger partial charge in [-0.15, -0.1) is 0 Å². The van der Waals surface area contributed by atoms with E-state index in [1.165, 1.54) is 51.4 Å². The number of carbonyl (C=O) groups is 1. The van der Waals surface area contributed by atoms with Gasteiger partial charge in [0.1, 0.15) is 30.5 Å². The molecular formula is C56H94O9. The molecule has 4 N–H and O–H groups in total. The molecule has 1 fully saturated rings. The standard InChI is InChI=1S/C56H94O9/c1-3-5-7-9-11-13-15-17-19-21-23-24-25-26-27-28-30-32-34-36-38-40-42-44-46-62-48-50(49-63-56-55(61)54(60)53(59)51(47-57)65-56)64-52(58)45-43-41-39-37-35-33-31-29-22-20-18-16-14-12-10-8-6-4-2/h5,7,11,13-14,16-17,19-20,22-24,26-27,30,32,50-51,53-57,59-61H,3-4,6,8-10,12,15,18,21,25,28-29,31,33-49H2,1-2H3/b7-5-,13-11-,16-14-,19-17-,22-20-,24-23-,27-26-,32-30-. The van der Waals surface area contributed by atoms with Crippen molar-refractivity contribution in [1.29, 1.82) is 0 Å². The summed E-state index contributed by atoms with van der Waals surface area (Å²) in [7, 11) is 0. The second kappa shape index (κ2) is 46.2. The van der Waals surface area contributed by atoms with E-state index in [1.54, 1.807) is 0 Å². The fourth-order valence-electron chi connectivity index (χ4n) is 7.23. The van der Waals surface area contributed by atoms with Crippen LogP contribution in [0.25, 0.3) is 0 Å². The molecule has 9 heteroatoms. The summed E-state index contributed by atoms with van der Waals surface area (Å²) < 4.78 is 22.9. The number of hydrogen-bond acceptors (Lipinski definition) is 9. The molecule has 0 aromatic rings. The molecule has 1 aliphatic heterocycles. The summed E-state index contributed by atoms with van der Waals surface area (Å²) in [6.45, 7) is 4.36. The number of aliphatic hydroxyl groups is 4. The molecule has 6 atom stereocenters. The van der Waals surface area contributed by atoms with Gasteiger partial charge in [0, 0.05) is 13.0 Å². The zero-order chi connectivity index (χ0) is 47.1. The second-order valence-corrected chi connectivity index (χ2v) is 17.2. The molecule has 0 bridgehead atoms. The Labute approximate surface area is 396 Å². The molecule has 0 amide bonds. The van der Waals surface area contributed by atoms with E-state index < -0.39 is 43.4 Å². The van der Waals surface area contributed by atoms with Gasteiger partial charge in [-0.3, -0.25) is 4.79 Å². The zero-order valence-electron chi connectivity index (χ0n) is 41.0. The minimum Gasteiger partial charge on any atom is -0.457 e. The van der Waals surface area contributed by atoms with Crippen molar-refractivity contribution in [3.05, 3.63) is 97.2 Å². The van der Waals surface area contributed by atoms with Crippen LogP contribution in [0.5, 0.6) is 0 Å². The number of esters is 1. The van der Waals surface area contributed by atoms with Crippen LogP contribution in [0, 0.1) is 0 Å². The Morgan fingerprint density at radius 1 is 0.508 bits per heavy atom. The highest BCUT2D eigenvalue weighted by atomic mass is 16.7. The number of hydrogen-bond donors (Lipinski definition) is 4. The molecule has 1 heterocycles. The molecule has 0 aromatic heterocycles. The number of carbonyl (C=O) groups excluding carboxylic acids is 1. The summed E-state index contributed by atoms with van der Waals surface area (Å²) >= 11 is 0. The highest BCUT2D eigenvalue weighted by Crippen LogP contribution is 2.22. The average Bonchev–Trinajstić information content (AvgIpc) is 3.31. The van der Waals surface area contributed by atoms with Gasteiger partial charge in [0.05, 0.1) is 19.8 Å². The number of ether oxygens (including phenoxy) is 4. The quantitative estimate of drug-likeness (QED) is 0.0268. The number of rotatable bonds is 43. The Morgan fingerprint density at radius 3 is 1.42 bits per heavy atom. The lowest BCUT2D eigenvalue weighted by atomic mass is 9.99. The van der Waals surface area contributed by atoms with Crippen molar-refractivity contribution in [1.82, 2.24) is 0 Å². The van der Waals surface area contributed by atoms with Crippen LogP contribution in [-0.2, 0) is 23.7 Å². The summed E-state index contributed by atoms with van der Waals surface area (Å²) in [6.07, 6.45) is 57.2. The topological polar surface area (TPSA) is 135 Å². The maximum atomic E-state index is 12.8. The van der Waals surface area contributed by atoms with Gasteiger partial charge >= 0.3 is 5.97 Å². The van der Waals surface area contributed by atoms with E-state index in [2.05, 4.69) is 111 Å². The maximum Gasteiger partial charge on any atom is 0.306 e. The summed E-state index contributed by atoms with van der Waals surface area (Å²) in [6, 6.07) is 0. The van der Waals surface area contributed by atoms with Crippen molar-refractivity contribution >= 4 is 5.97 Å². The average molecular weight is 911 g/mol. The summed E-state index contributed by atoms with van der Waals surface area (Å²) in [5.41, 5.74) is 0. The van der Waals surface area contributed by atoms with Gasteiger partial charge in [-0.25, -0.2) is 0 Å². The van der Waals surface area contributed by atoms with E-state index in [0.717, 1.165) is 116 Å². The minimum atomic E-state index is -1.55. The van der Waals surface area contributed by atoms with Gasteiger partial charge in [-0.05, 0) is 96.3 Å². The van der Waals surface area contributed by atoms with Crippen molar-refractivity contribution < 1.29 is 44.2 Å². The first-order valence-electron chi connectivity index (χ1n) is 25.8. The molecular weight excluding hydrogens is 817 g/mol. The third-order valence-corrected chi connectivity index (χ3v) is 11.2. The van der Waals surface area contributed by atoms with Crippen molar-refractivity contribution in [3.63, 3.8) is 0 Å². The van der Waals surface area contributed by atoms with Crippen molar-refractivity contribution in [2.75, 3.05) is 26.4 Å². The van der Waals surface area contributed by atoms with Gasteiger partial charge < -0.3 is 39.4 Å². The van der Waals surface area contributed by atoms with Crippen LogP contribution in [0.3, 0.4) is 0 Å². The first-order valence-corrected chi connectivity index (χ1v) is 25.8. The minimum absolute atomic E-state index is 0.122.